The number of amides is 1. The average Bonchev–Trinajstić information content (AvgIpc) is 2.48. The zero-order chi connectivity index (χ0) is 19.2. The summed E-state index contributed by atoms with van der Waals surface area (Å²) in [5.41, 5.74) is 12.2. The Balaban J connectivity index is 0.000000550. The van der Waals surface area contributed by atoms with Crippen LogP contribution in [0.5, 0.6) is 0 Å². The molecule has 0 bridgehead atoms. The lowest BCUT2D eigenvalue weighted by Crippen LogP contribution is -2.24. The van der Waals surface area contributed by atoms with Crippen LogP contribution in [0, 0.1) is 0 Å². The third-order valence-electron chi connectivity index (χ3n) is 2.60. The van der Waals surface area contributed by atoms with Crippen LogP contribution in [-0.2, 0) is 10.1 Å². The average molecular weight is 404 g/mol. The number of rotatable bonds is 2. The van der Waals surface area contributed by atoms with Crippen molar-refractivity contribution in [1.82, 2.24) is 0 Å². The molecule has 2 aromatic rings. The first kappa shape index (κ1) is 20.9. The molecule has 0 saturated heterocycles. The third kappa shape index (κ3) is 7.53. The van der Waals surface area contributed by atoms with Crippen LogP contribution in [0.1, 0.15) is 10.4 Å². The molecule has 0 aromatic heterocycles. The summed E-state index contributed by atoms with van der Waals surface area (Å²) >= 11 is 12.1. The van der Waals surface area contributed by atoms with E-state index in [4.69, 9.17) is 39.2 Å². The maximum Gasteiger partial charge on any atom is 0.280 e. The molecule has 0 aliphatic heterocycles. The molecule has 0 aliphatic rings. The van der Waals surface area contributed by atoms with Gasteiger partial charge in [0.15, 0.2) is 5.96 Å². The number of hydrogen-bond acceptors (Lipinski definition) is 3. The number of halogens is 2. The highest BCUT2D eigenvalue weighted by atomic mass is 35.5. The van der Waals surface area contributed by atoms with Crippen LogP contribution in [0.2, 0.25) is 10.0 Å². The second-order valence-electron chi connectivity index (χ2n) is 4.76. The summed E-state index contributed by atoms with van der Waals surface area (Å²) in [6, 6.07) is 12.1. The molecule has 2 rings (SSSR count). The molecule has 0 fully saturated rings. The van der Waals surface area contributed by atoms with Crippen molar-refractivity contribution in [2.45, 2.75) is 0 Å². The van der Waals surface area contributed by atoms with Crippen LogP contribution in [0.15, 0.2) is 47.5 Å². The fraction of sp³-hybridized carbons (Fsp3) is 0.0667. The standard InChI is InChI=1S/C14H11Cl2N3O.CH4O3S/c15-11-6-2-5-10(12(11)16)8-3-1-4-9(7-8)13(20)19-14(17)18;1-5(2,3)4/h1-7H,(H4,17,18,19,20);1H3,(H,2,3,4). The lowest BCUT2D eigenvalue weighted by atomic mass is 10.0. The predicted octanol–water partition coefficient (Wildman–Crippen LogP) is 2.58. The van der Waals surface area contributed by atoms with Gasteiger partial charge in [-0.1, -0.05) is 47.5 Å². The quantitative estimate of drug-likeness (QED) is 0.400. The van der Waals surface area contributed by atoms with Gasteiger partial charge in [-0.25, -0.2) is 0 Å². The van der Waals surface area contributed by atoms with Crippen molar-refractivity contribution >= 4 is 45.2 Å². The van der Waals surface area contributed by atoms with Gasteiger partial charge in [-0.15, -0.1) is 0 Å². The Kier molecular flexibility index (Phi) is 7.38. The maximum atomic E-state index is 11.8. The molecule has 0 atom stereocenters. The predicted molar refractivity (Wildman–Crippen MR) is 99.5 cm³/mol. The zero-order valence-corrected chi connectivity index (χ0v) is 15.3. The van der Waals surface area contributed by atoms with Crippen LogP contribution in [-0.4, -0.2) is 31.1 Å². The highest BCUT2D eigenvalue weighted by Gasteiger charge is 2.10. The summed E-state index contributed by atoms with van der Waals surface area (Å²) in [6.45, 7) is 0. The van der Waals surface area contributed by atoms with Gasteiger partial charge in [-0.05, 0) is 23.8 Å². The van der Waals surface area contributed by atoms with Gasteiger partial charge in [0, 0.05) is 11.1 Å². The molecule has 0 spiro atoms. The molecular weight excluding hydrogens is 389 g/mol. The zero-order valence-electron chi connectivity index (χ0n) is 13.0. The van der Waals surface area contributed by atoms with E-state index < -0.39 is 16.0 Å². The Morgan fingerprint density at radius 3 is 2.24 bits per heavy atom. The number of guanidine groups is 1. The molecule has 1 amide bonds. The van der Waals surface area contributed by atoms with Crippen molar-refractivity contribution in [3.05, 3.63) is 58.1 Å². The van der Waals surface area contributed by atoms with Crippen molar-refractivity contribution in [3.63, 3.8) is 0 Å². The van der Waals surface area contributed by atoms with Gasteiger partial charge in [-0.3, -0.25) is 9.35 Å². The summed E-state index contributed by atoms with van der Waals surface area (Å²) in [5, 5.41) is 0.880. The monoisotopic (exact) mass is 403 g/mol. The Labute approximate surface area is 155 Å². The van der Waals surface area contributed by atoms with E-state index in [1.807, 2.05) is 12.1 Å². The third-order valence-corrected chi connectivity index (χ3v) is 3.42. The number of nitrogens with zero attached hydrogens (tertiary/aromatic N) is 1. The van der Waals surface area contributed by atoms with E-state index in [-0.39, 0.29) is 5.96 Å². The minimum atomic E-state index is -3.67. The molecule has 7 nitrogen and oxygen atoms in total. The molecule has 0 aliphatic carbocycles. The Hall–Kier alpha value is -2.13. The summed E-state index contributed by atoms with van der Waals surface area (Å²) in [6.07, 6.45) is 0.715. The lowest BCUT2D eigenvalue weighted by Gasteiger charge is -2.07. The maximum absolute atomic E-state index is 11.8. The summed E-state index contributed by atoms with van der Waals surface area (Å²) < 4.78 is 25.9. The van der Waals surface area contributed by atoms with Crippen molar-refractivity contribution in [2.75, 3.05) is 6.26 Å². The first-order valence-corrected chi connectivity index (χ1v) is 9.20. The minimum Gasteiger partial charge on any atom is -0.370 e. The number of carbonyl (C=O) groups is 1. The summed E-state index contributed by atoms with van der Waals surface area (Å²) in [7, 11) is -3.67. The van der Waals surface area contributed by atoms with E-state index in [1.54, 1.807) is 30.3 Å². The molecular formula is C15H15Cl2N3O4S. The van der Waals surface area contributed by atoms with Crippen molar-refractivity contribution < 1.29 is 17.8 Å². The van der Waals surface area contributed by atoms with E-state index in [9.17, 15) is 13.2 Å². The fourth-order valence-electron chi connectivity index (χ4n) is 1.73. The molecule has 0 saturated carbocycles. The number of nitrogens with two attached hydrogens (primary N) is 2. The van der Waals surface area contributed by atoms with Crippen LogP contribution in [0.3, 0.4) is 0 Å². The Bertz CT molecular complexity index is 903. The van der Waals surface area contributed by atoms with Gasteiger partial charge in [0.05, 0.1) is 16.3 Å². The van der Waals surface area contributed by atoms with Crippen LogP contribution in [0.4, 0.5) is 0 Å². The number of hydrogen-bond donors (Lipinski definition) is 3. The molecule has 0 radical (unpaired) electrons. The van der Waals surface area contributed by atoms with Gasteiger partial charge in [-0.2, -0.15) is 13.4 Å². The van der Waals surface area contributed by atoms with Crippen LogP contribution < -0.4 is 11.5 Å². The second-order valence-corrected chi connectivity index (χ2v) is 7.01. The number of benzene rings is 2. The molecule has 10 heteroatoms. The fourth-order valence-corrected chi connectivity index (χ4v) is 2.14. The largest absolute Gasteiger partial charge is 0.370 e. The lowest BCUT2D eigenvalue weighted by molar-refractivity contribution is 0.100. The molecule has 25 heavy (non-hydrogen) atoms. The highest BCUT2D eigenvalue weighted by molar-refractivity contribution is 7.85. The smallest absolute Gasteiger partial charge is 0.280 e. The van der Waals surface area contributed by atoms with E-state index in [0.29, 0.717) is 21.9 Å². The SMILES string of the molecule is CS(=O)(=O)O.NC(N)=NC(=O)c1cccc(-c2cccc(Cl)c2Cl)c1. The molecule has 2 aromatic carbocycles. The van der Waals surface area contributed by atoms with Gasteiger partial charge in [0.2, 0.25) is 0 Å². The van der Waals surface area contributed by atoms with Crippen LogP contribution >= 0.6 is 23.2 Å². The van der Waals surface area contributed by atoms with E-state index in [0.717, 1.165) is 11.1 Å². The summed E-state index contributed by atoms with van der Waals surface area (Å²) in [5.74, 6) is -0.786. The van der Waals surface area contributed by atoms with Crippen molar-refractivity contribution in [1.29, 1.82) is 0 Å². The second kappa shape index (κ2) is 8.82. The van der Waals surface area contributed by atoms with Crippen molar-refractivity contribution in [3.8, 4) is 11.1 Å². The van der Waals surface area contributed by atoms with Gasteiger partial charge in [0.25, 0.3) is 16.0 Å². The molecule has 134 valence electrons. The van der Waals surface area contributed by atoms with Gasteiger partial charge < -0.3 is 11.5 Å². The number of aliphatic imine (C=N–C) groups is 1. The molecule has 0 heterocycles. The minimum absolute atomic E-state index is 0.277. The topological polar surface area (TPSA) is 136 Å². The Morgan fingerprint density at radius 2 is 1.68 bits per heavy atom. The van der Waals surface area contributed by atoms with Crippen LogP contribution in [0.25, 0.3) is 11.1 Å². The molecule has 5 N–H and O–H groups in total. The van der Waals surface area contributed by atoms with E-state index >= 15 is 0 Å². The van der Waals surface area contributed by atoms with Crippen molar-refractivity contribution in [2.24, 2.45) is 16.5 Å². The normalized spacial score (nSPS) is 10.4. The first-order chi connectivity index (χ1) is 11.5. The molecule has 0 unspecified atom stereocenters. The van der Waals surface area contributed by atoms with E-state index in [1.165, 1.54) is 0 Å². The Morgan fingerprint density at radius 1 is 1.12 bits per heavy atom. The van der Waals surface area contributed by atoms with E-state index in [2.05, 4.69) is 4.99 Å². The first-order valence-electron chi connectivity index (χ1n) is 6.60. The van der Waals surface area contributed by atoms with Gasteiger partial charge in [0.1, 0.15) is 0 Å². The highest BCUT2D eigenvalue weighted by Crippen LogP contribution is 2.33. The summed E-state index contributed by atoms with van der Waals surface area (Å²) in [4.78, 5) is 15.3. The number of carbonyl (C=O) groups excluding carboxylic acids is 1. The van der Waals surface area contributed by atoms with Gasteiger partial charge >= 0.3 is 0 Å².